The molecule has 0 radical (unpaired) electrons. The van der Waals surface area contributed by atoms with Crippen LogP contribution in [0.4, 0.5) is 0 Å². The van der Waals surface area contributed by atoms with Crippen molar-refractivity contribution in [3.8, 4) is 0 Å². The van der Waals surface area contributed by atoms with E-state index < -0.39 is 6.10 Å². The first-order valence-electron chi connectivity index (χ1n) is 11.6. The molecule has 0 amide bonds. The lowest BCUT2D eigenvalue weighted by atomic mass is 9.85. The first-order chi connectivity index (χ1) is 13.6. The van der Waals surface area contributed by atoms with E-state index in [1.165, 1.54) is 24.0 Å². The van der Waals surface area contributed by atoms with Crippen LogP contribution in [0.5, 0.6) is 0 Å². The van der Waals surface area contributed by atoms with Gasteiger partial charge in [0, 0.05) is 13.0 Å². The first-order valence-corrected chi connectivity index (χ1v) is 11.6. The lowest BCUT2D eigenvalue weighted by molar-refractivity contribution is -0.0508. The van der Waals surface area contributed by atoms with E-state index in [4.69, 9.17) is 14.2 Å². The molecule has 0 aromatic heterocycles. The molecule has 9 atom stereocenters. The number of hydrogen-bond donors (Lipinski definition) is 1. The van der Waals surface area contributed by atoms with Crippen LogP contribution >= 0.6 is 0 Å². The summed E-state index contributed by atoms with van der Waals surface area (Å²) < 4.78 is 17.9. The van der Waals surface area contributed by atoms with Crippen LogP contribution in [0.25, 0.3) is 0 Å². The molecule has 2 saturated heterocycles. The lowest BCUT2D eigenvalue weighted by Crippen LogP contribution is -2.36. The molecule has 4 heteroatoms. The maximum Gasteiger partial charge on any atom is 0.0929 e. The van der Waals surface area contributed by atoms with Gasteiger partial charge in [0.15, 0.2) is 0 Å². The summed E-state index contributed by atoms with van der Waals surface area (Å²) in [6, 6.07) is 0. The normalized spacial score (nSPS) is 40.4. The molecular weight excluding hydrogens is 364 g/mol. The van der Waals surface area contributed by atoms with Crippen LogP contribution in [0, 0.1) is 17.8 Å². The van der Waals surface area contributed by atoms with Crippen molar-refractivity contribution in [1.29, 1.82) is 0 Å². The van der Waals surface area contributed by atoms with E-state index in [1.807, 2.05) is 0 Å². The zero-order chi connectivity index (χ0) is 21.3. The molecular formula is C25H42O4. The van der Waals surface area contributed by atoms with Gasteiger partial charge in [-0.3, -0.25) is 0 Å². The number of methoxy groups -OCH3 is 1. The van der Waals surface area contributed by atoms with Gasteiger partial charge in [0.05, 0.1) is 36.1 Å². The quantitative estimate of drug-likeness (QED) is 0.573. The molecule has 0 bridgehead atoms. The number of hydrogen-bond acceptors (Lipinski definition) is 4. The Hall–Kier alpha value is -0.680. The van der Waals surface area contributed by atoms with Crippen LogP contribution in [0.15, 0.2) is 23.3 Å². The monoisotopic (exact) mass is 406 g/mol. The number of allylic oxidation sites excluding steroid dienone is 3. The average Bonchev–Trinajstić information content (AvgIpc) is 3.08. The molecule has 166 valence electrons. The number of aliphatic hydroxyl groups is 1. The summed E-state index contributed by atoms with van der Waals surface area (Å²) in [7, 11) is 1.67. The predicted octanol–water partition coefficient (Wildman–Crippen LogP) is 5.05. The van der Waals surface area contributed by atoms with Gasteiger partial charge in [0.1, 0.15) is 0 Å². The van der Waals surface area contributed by atoms with Gasteiger partial charge >= 0.3 is 0 Å². The molecule has 0 aromatic rings. The van der Waals surface area contributed by atoms with E-state index in [0.29, 0.717) is 24.0 Å². The fraction of sp³-hybridized carbons (Fsp3) is 0.840. The highest BCUT2D eigenvalue weighted by Crippen LogP contribution is 2.47. The van der Waals surface area contributed by atoms with Crippen molar-refractivity contribution >= 4 is 0 Å². The van der Waals surface area contributed by atoms with Crippen molar-refractivity contribution in [2.45, 2.75) is 110 Å². The zero-order valence-corrected chi connectivity index (χ0v) is 19.5. The molecule has 1 N–H and O–H groups in total. The summed E-state index contributed by atoms with van der Waals surface area (Å²) in [5, 5.41) is 9.96. The number of aliphatic hydroxyl groups excluding tert-OH is 1. The third kappa shape index (κ3) is 5.33. The van der Waals surface area contributed by atoms with Gasteiger partial charge < -0.3 is 19.3 Å². The van der Waals surface area contributed by atoms with Crippen LogP contribution < -0.4 is 0 Å². The van der Waals surface area contributed by atoms with Crippen LogP contribution in [0.1, 0.15) is 73.6 Å². The molecule has 3 rings (SSSR count). The Balaban J connectivity index is 1.57. The van der Waals surface area contributed by atoms with Crippen molar-refractivity contribution < 1.29 is 19.3 Å². The standard InChI is InChI=1S/C25H42O4/c1-15(14-25(6)24(29-25)18(4)23(27-7)19(5)26)12-20-10-11-21(13-20)22-16(2)8-9-17(3)28-22/h12-13,15-19,22-24,26H,8-11,14H2,1-7H3/b20-12+. The third-order valence-electron chi connectivity index (χ3n) is 7.27. The largest absolute Gasteiger partial charge is 0.391 e. The summed E-state index contributed by atoms with van der Waals surface area (Å²) in [6.45, 7) is 12.9. The second-order valence-corrected chi connectivity index (χ2v) is 10.2. The van der Waals surface area contributed by atoms with E-state index in [1.54, 1.807) is 14.0 Å². The molecule has 4 nitrogen and oxygen atoms in total. The predicted molar refractivity (Wildman–Crippen MR) is 117 cm³/mol. The second-order valence-electron chi connectivity index (χ2n) is 10.2. The highest BCUT2D eigenvalue weighted by Gasteiger charge is 2.56. The van der Waals surface area contributed by atoms with Crippen molar-refractivity contribution in [3.63, 3.8) is 0 Å². The molecule has 2 fully saturated rings. The third-order valence-corrected chi connectivity index (χ3v) is 7.27. The van der Waals surface area contributed by atoms with Crippen molar-refractivity contribution in [1.82, 2.24) is 0 Å². The highest BCUT2D eigenvalue weighted by molar-refractivity contribution is 5.34. The Kier molecular flexibility index (Phi) is 7.31. The van der Waals surface area contributed by atoms with E-state index in [0.717, 1.165) is 19.3 Å². The minimum Gasteiger partial charge on any atom is -0.391 e. The topological polar surface area (TPSA) is 51.2 Å². The van der Waals surface area contributed by atoms with E-state index in [-0.39, 0.29) is 23.7 Å². The average molecular weight is 407 g/mol. The Morgan fingerprint density at radius 2 is 1.97 bits per heavy atom. The van der Waals surface area contributed by atoms with E-state index in [2.05, 4.69) is 46.8 Å². The first kappa shape index (κ1) is 23.0. The highest BCUT2D eigenvalue weighted by atomic mass is 16.6. The van der Waals surface area contributed by atoms with Gasteiger partial charge in [0.2, 0.25) is 0 Å². The summed E-state index contributed by atoms with van der Waals surface area (Å²) in [5.41, 5.74) is 2.82. The van der Waals surface area contributed by atoms with Crippen LogP contribution in [-0.2, 0) is 14.2 Å². The van der Waals surface area contributed by atoms with Gasteiger partial charge in [-0.2, -0.15) is 0 Å². The molecule has 3 aliphatic rings. The Bertz CT molecular complexity index is 624. The van der Waals surface area contributed by atoms with Crippen LogP contribution in [0.3, 0.4) is 0 Å². The smallest absolute Gasteiger partial charge is 0.0929 e. The molecule has 0 spiro atoms. The molecule has 1 aliphatic carbocycles. The maximum atomic E-state index is 9.96. The van der Waals surface area contributed by atoms with Gasteiger partial charge in [-0.25, -0.2) is 0 Å². The van der Waals surface area contributed by atoms with Crippen LogP contribution in [-0.4, -0.2) is 48.3 Å². The van der Waals surface area contributed by atoms with Gasteiger partial charge in [-0.1, -0.05) is 38.5 Å². The van der Waals surface area contributed by atoms with E-state index in [9.17, 15) is 5.11 Å². The Morgan fingerprint density at radius 1 is 1.24 bits per heavy atom. The van der Waals surface area contributed by atoms with Crippen molar-refractivity contribution in [2.24, 2.45) is 17.8 Å². The Labute approximate surface area is 177 Å². The summed E-state index contributed by atoms with van der Waals surface area (Å²) in [5.74, 6) is 1.26. The van der Waals surface area contributed by atoms with Gasteiger partial charge in [-0.05, 0) is 70.3 Å². The number of ether oxygens (including phenoxy) is 3. The van der Waals surface area contributed by atoms with Gasteiger partial charge in [0.25, 0.3) is 0 Å². The molecule has 0 saturated carbocycles. The maximum absolute atomic E-state index is 9.96. The minimum atomic E-state index is -0.489. The van der Waals surface area contributed by atoms with Crippen molar-refractivity contribution in [2.75, 3.05) is 7.11 Å². The fourth-order valence-corrected chi connectivity index (χ4v) is 5.75. The summed E-state index contributed by atoms with van der Waals surface area (Å²) >= 11 is 0. The van der Waals surface area contributed by atoms with Gasteiger partial charge in [-0.15, -0.1) is 0 Å². The lowest BCUT2D eigenvalue weighted by Gasteiger charge is -2.34. The summed E-state index contributed by atoms with van der Waals surface area (Å²) in [4.78, 5) is 0. The van der Waals surface area contributed by atoms with Crippen molar-refractivity contribution in [3.05, 3.63) is 23.3 Å². The molecule has 2 aliphatic heterocycles. The molecule has 9 unspecified atom stereocenters. The zero-order valence-electron chi connectivity index (χ0n) is 19.5. The number of rotatable bonds is 8. The molecule has 0 aromatic carbocycles. The SMILES string of the molecule is COC(C(C)O)C(C)C1OC1(C)CC(C)/C=C1/C=C(C2OC(C)CCC2C)CC1. The Morgan fingerprint density at radius 3 is 2.62 bits per heavy atom. The minimum absolute atomic E-state index is 0.122. The second kappa shape index (κ2) is 9.21. The van der Waals surface area contributed by atoms with Crippen LogP contribution in [0.2, 0.25) is 0 Å². The molecule has 2 heterocycles. The number of epoxide rings is 1. The van der Waals surface area contributed by atoms with E-state index >= 15 is 0 Å². The molecule has 29 heavy (non-hydrogen) atoms. The fourth-order valence-electron chi connectivity index (χ4n) is 5.75. The summed E-state index contributed by atoms with van der Waals surface area (Å²) in [6.07, 6.45) is 10.7.